The van der Waals surface area contributed by atoms with Crippen molar-refractivity contribution in [2.24, 2.45) is 0 Å². The molecular weight excluding hydrogens is 248 g/mol. The number of carboxylic acid groups (broad SMARTS) is 1. The molecule has 0 fully saturated rings. The lowest BCUT2D eigenvalue weighted by Gasteiger charge is -2.12. The first-order valence-electron chi connectivity index (χ1n) is 6.14. The van der Waals surface area contributed by atoms with E-state index < -0.39 is 18.0 Å². The standard InChI is InChI=1S/C14H18O5/c1-4-12(13(15)16)19-14(17)10-5-7-11(8-6-10)18-9(2)3/h5-9,12H,4H2,1-3H3,(H,15,16). The summed E-state index contributed by atoms with van der Waals surface area (Å²) in [4.78, 5) is 22.5. The van der Waals surface area contributed by atoms with Crippen LogP contribution in [0.3, 0.4) is 0 Å². The fourth-order valence-corrected chi connectivity index (χ4v) is 1.45. The first-order chi connectivity index (χ1) is 8.93. The lowest BCUT2D eigenvalue weighted by Crippen LogP contribution is -2.26. The van der Waals surface area contributed by atoms with Crippen molar-refractivity contribution in [3.05, 3.63) is 29.8 Å². The Kier molecular flexibility index (Phi) is 5.36. The number of hydrogen-bond donors (Lipinski definition) is 1. The molecule has 1 unspecified atom stereocenters. The van der Waals surface area contributed by atoms with Crippen molar-refractivity contribution in [2.45, 2.75) is 39.4 Å². The summed E-state index contributed by atoms with van der Waals surface area (Å²) in [5.74, 6) is -1.14. The Labute approximate surface area is 112 Å². The maximum atomic E-state index is 11.7. The van der Waals surface area contributed by atoms with Gasteiger partial charge in [-0.1, -0.05) is 6.92 Å². The van der Waals surface area contributed by atoms with E-state index in [0.717, 1.165) is 0 Å². The summed E-state index contributed by atoms with van der Waals surface area (Å²) in [6.07, 6.45) is -0.830. The van der Waals surface area contributed by atoms with Crippen molar-refractivity contribution in [2.75, 3.05) is 0 Å². The first-order valence-corrected chi connectivity index (χ1v) is 6.14. The van der Waals surface area contributed by atoms with Gasteiger partial charge in [0.05, 0.1) is 11.7 Å². The molecule has 19 heavy (non-hydrogen) atoms. The Hall–Kier alpha value is -2.04. The Balaban J connectivity index is 2.70. The number of carbonyl (C=O) groups is 2. The van der Waals surface area contributed by atoms with Crippen LogP contribution in [0, 0.1) is 0 Å². The van der Waals surface area contributed by atoms with Crippen LogP contribution in [0.5, 0.6) is 5.75 Å². The Morgan fingerprint density at radius 2 is 1.79 bits per heavy atom. The van der Waals surface area contributed by atoms with E-state index in [1.165, 1.54) is 0 Å². The molecule has 0 aliphatic heterocycles. The van der Waals surface area contributed by atoms with E-state index in [0.29, 0.717) is 11.3 Å². The van der Waals surface area contributed by atoms with Crippen molar-refractivity contribution in [1.82, 2.24) is 0 Å². The molecule has 0 saturated heterocycles. The number of ether oxygens (including phenoxy) is 2. The molecule has 1 atom stereocenters. The van der Waals surface area contributed by atoms with Crippen molar-refractivity contribution in [3.8, 4) is 5.75 Å². The molecule has 1 N–H and O–H groups in total. The molecule has 0 amide bonds. The van der Waals surface area contributed by atoms with Gasteiger partial charge in [-0.15, -0.1) is 0 Å². The highest BCUT2D eigenvalue weighted by molar-refractivity contribution is 5.91. The fraction of sp³-hybridized carbons (Fsp3) is 0.429. The quantitative estimate of drug-likeness (QED) is 0.801. The van der Waals surface area contributed by atoms with E-state index in [-0.39, 0.29) is 12.5 Å². The van der Waals surface area contributed by atoms with Gasteiger partial charge in [-0.3, -0.25) is 0 Å². The molecule has 0 radical (unpaired) electrons. The number of rotatable bonds is 6. The highest BCUT2D eigenvalue weighted by Crippen LogP contribution is 2.15. The molecular formula is C14H18O5. The summed E-state index contributed by atoms with van der Waals surface area (Å²) in [5, 5.41) is 8.82. The van der Waals surface area contributed by atoms with Crippen molar-refractivity contribution in [1.29, 1.82) is 0 Å². The smallest absolute Gasteiger partial charge is 0.345 e. The van der Waals surface area contributed by atoms with Gasteiger partial charge in [-0.2, -0.15) is 0 Å². The molecule has 0 saturated carbocycles. The molecule has 1 aromatic rings. The van der Waals surface area contributed by atoms with Gasteiger partial charge >= 0.3 is 11.9 Å². The molecule has 1 rings (SSSR count). The fourth-order valence-electron chi connectivity index (χ4n) is 1.45. The lowest BCUT2D eigenvalue weighted by molar-refractivity contribution is -0.147. The lowest BCUT2D eigenvalue weighted by atomic mass is 10.2. The van der Waals surface area contributed by atoms with Gasteiger partial charge in [0.15, 0.2) is 6.10 Å². The third kappa shape index (κ3) is 4.62. The van der Waals surface area contributed by atoms with Crippen LogP contribution >= 0.6 is 0 Å². The van der Waals surface area contributed by atoms with E-state index in [9.17, 15) is 9.59 Å². The van der Waals surface area contributed by atoms with E-state index in [1.807, 2.05) is 13.8 Å². The summed E-state index contributed by atoms with van der Waals surface area (Å²) in [5.41, 5.74) is 0.302. The first kappa shape index (κ1) is 15.0. The monoisotopic (exact) mass is 266 g/mol. The third-order valence-electron chi connectivity index (χ3n) is 2.36. The molecule has 5 heteroatoms. The van der Waals surface area contributed by atoms with Crippen LogP contribution in [-0.2, 0) is 9.53 Å². The zero-order valence-corrected chi connectivity index (χ0v) is 11.3. The second-order valence-electron chi connectivity index (χ2n) is 4.33. The van der Waals surface area contributed by atoms with Crippen molar-refractivity contribution in [3.63, 3.8) is 0 Å². The third-order valence-corrected chi connectivity index (χ3v) is 2.36. The summed E-state index contributed by atoms with van der Waals surface area (Å²) in [7, 11) is 0. The minimum atomic E-state index is -1.14. The van der Waals surface area contributed by atoms with Crippen LogP contribution in [0.15, 0.2) is 24.3 Å². The van der Waals surface area contributed by atoms with Gasteiger partial charge in [-0.05, 0) is 44.5 Å². The largest absolute Gasteiger partial charge is 0.491 e. The molecule has 104 valence electrons. The average Bonchev–Trinajstić information content (AvgIpc) is 2.35. The number of hydrogen-bond acceptors (Lipinski definition) is 4. The number of carboxylic acids is 1. The summed E-state index contributed by atoms with van der Waals surface area (Å²) in [6, 6.07) is 6.40. The minimum Gasteiger partial charge on any atom is -0.491 e. The van der Waals surface area contributed by atoms with Crippen LogP contribution < -0.4 is 4.74 Å². The summed E-state index contributed by atoms with van der Waals surface area (Å²) in [6.45, 7) is 5.45. The Morgan fingerprint density at radius 1 is 1.21 bits per heavy atom. The van der Waals surface area contributed by atoms with E-state index >= 15 is 0 Å². The van der Waals surface area contributed by atoms with E-state index in [4.69, 9.17) is 14.6 Å². The predicted molar refractivity (Wildman–Crippen MR) is 69.3 cm³/mol. The molecule has 1 aromatic carbocycles. The van der Waals surface area contributed by atoms with Gasteiger partial charge in [0, 0.05) is 0 Å². The van der Waals surface area contributed by atoms with Crippen LogP contribution in [0.2, 0.25) is 0 Å². The van der Waals surface area contributed by atoms with Crippen molar-refractivity contribution >= 4 is 11.9 Å². The number of esters is 1. The van der Waals surface area contributed by atoms with Crippen LogP contribution in [0.25, 0.3) is 0 Å². The number of benzene rings is 1. The predicted octanol–water partition coefficient (Wildman–Crippen LogP) is 2.49. The molecule has 0 aromatic heterocycles. The van der Waals surface area contributed by atoms with Crippen LogP contribution in [0.1, 0.15) is 37.6 Å². The molecule has 0 aliphatic rings. The maximum absolute atomic E-state index is 11.7. The highest BCUT2D eigenvalue weighted by Gasteiger charge is 2.20. The Morgan fingerprint density at radius 3 is 2.21 bits per heavy atom. The molecule has 0 aliphatic carbocycles. The van der Waals surface area contributed by atoms with Gasteiger partial charge in [0.25, 0.3) is 0 Å². The SMILES string of the molecule is CCC(OC(=O)c1ccc(OC(C)C)cc1)C(=O)O. The number of aliphatic carboxylic acids is 1. The maximum Gasteiger partial charge on any atom is 0.345 e. The minimum absolute atomic E-state index is 0.0503. The van der Waals surface area contributed by atoms with Crippen molar-refractivity contribution < 1.29 is 24.2 Å². The zero-order valence-electron chi connectivity index (χ0n) is 11.3. The van der Waals surface area contributed by atoms with Crippen LogP contribution in [-0.4, -0.2) is 29.3 Å². The van der Waals surface area contributed by atoms with Gasteiger partial charge < -0.3 is 14.6 Å². The van der Waals surface area contributed by atoms with Gasteiger partial charge in [0.2, 0.25) is 0 Å². The second-order valence-corrected chi connectivity index (χ2v) is 4.33. The van der Waals surface area contributed by atoms with Gasteiger partial charge in [0.1, 0.15) is 5.75 Å². The summed E-state index contributed by atoms with van der Waals surface area (Å²) < 4.78 is 10.3. The molecule has 0 heterocycles. The second kappa shape index (κ2) is 6.78. The molecule has 0 bridgehead atoms. The topological polar surface area (TPSA) is 72.8 Å². The normalized spacial score (nSPS) is 12.0. The van der Waals surface area contributed by atoms with Gasteiger partial charge in [-0.25, -0.2) is 9.59 Å². The summed E-state index contributed by atoms with van der Waals surface area (Å²) >= 11 is 0. The number of carbonyl (C=O) groups excluding carboxylic acids is 1. The Bertz CT molecular complexity index is 436. The van der Waals surface area contributed by atoms with E-state index in [1.54, 1.807) is 31.2 Å². The highest BCUT2D eigenvalue weighted by atomic mass is 16.6. The zero-order chi connectivity index (χ0) is 14.4. The van der Waals surface area contributed by atoms with E-state index in [2.05, 4.69) is 0 Å². The molecule has 0 spiro atoms. The molecule has 5 nitrogen and oxygen atoms in total. The van der Waals surface area contributed by atoms with Crippen LogP contribution in [0.4, 0.5) is 0 Å². The average molecular weight is 266 g/mol.